The minimum Gasteiger partial charge on any atom is -0.493 e. The second-order valence-corrected chi connectivity index (χ2v) is 7.05. The second-order valence-electron chi connectivity index (χ2n) is 7.05. The molecule has 1 aliphatic rings. The summed E-state index contributed by atoms with van der Waals surface area (Å²) in [7, 11) is 3.36. The van der Waals surface area contributed by atoms with Crippen LogP contribution in [0.3, 0.4) is 0 Å². The van der Waals surface area contributed by atoms with Crippen LogP contribution in [0.15, 0.2) is 48.2 Å². The van der Waals surface area contributed by atoms with Crippen molar-refractivity contribution in [1.29, 1.82) is 0 Å². The number of benzene rings is 2. The van der Waals surface area contributed by atoms with Crippen LogP contribution >= 0.6 is 0 Å². The van der Waals surface area contributed by atoms with Crippen molar-refractivity contribution in [3.8, 4) is 11.5 Å². The molecule has 0 bridgehead atoms. The number of hydrogen-bond acceptors (Lipinski definition) is 3. The van der Waals surface area contributed by atoms with Crippen molar-refractivity contribution >= 4 is 6.08 Å². The van der Waals surface area contributed by atoms with Crippen molar-refractivity contribution in [1.82, 2.24) is 0 Å². The van der Waals surface area contributed by atoms with Gasteiger partial charge in [0.15, 0.2) is 11.5 Å². The summed E-state index contributed by atoms with van der Waals surface area (Å²) in [6, 6.07) is 14.6. The molecule has 144 valence electrons. The molecule has 2 aromatic rings. The Morgan fingerprint density at radius 3 is 2.37 bits per heavy atom. The predicted octanol–water partition coefficient (Wildman–Crippen LogP) is 6.33. The van der Waals surface area contributed by atoms with Crippen molar-refractivity contribution in [2.75, 3.05) is 14.2 Å². The van der Waals surface area contributed by atoms with Gasteiger partial charge in [-0.15, -0.1) is 0 Å². The van der Waals surface area contributed by atoms with E-state index in [9.17, 15) is 0 Å². The lowest BCUT2D eigenvalue weighted by molar-refractivity contribution is 0.107. The van der Waals surface area contributed by atoms with E-state index >= 15 is 0 Å². The van der Waals surface area contributed by atoms with Crippen LogP contribution in [-0.2, 0) is 11.2 Å². The summed E-state index contributed by atoms with van der Waals surface area (Å²) in [6.45, 7) is 2.24. The van der Waals surface area contributed by atoms with Crippen molar-refractivity contribution < 1.29 is 14.2 Å². The molecule has 3 nitrogen and oxygen atoms in total. The third kappa shape index (κ3) is 4.85. The zero-order chi connectivity index (χ0) is 19.1. The van der Waals surface area contributed by atoms with Crippen LogP contribution in [0.2, 0.25) is 0 Å². The van der Waals surface area contributed by atoms with E-state index in [1.54, 1.807) is 14.2 Å². The topological polar surface area (TPSA) is 27.7 Å². The Hall–Kier alpha value is -2.42. The lowest BCUT2D eigenvalue weighted by Gasteiger charge is -2.28. The maximum atomic E-state index is 6.43. The second kappa shape index (κ2) is 9.50. The van der Waals surface area contributed by atoms with Gasteiger partial charge in [0.05, 0.1) is 20.0 Å². The van der Waals surface area contributed by atoms with Gasteiger partial charge in [0.25, 0.3) is 0 Å². The van der Waals surface area contributed by atoms with Gasteiger partial charge >= 0.3 is 0 Å². The predicted molar refractivity (Wildman–Crippen MR) is 110 cm³/mol. The summed E-state index contributed by atoms with van der Waals surface area (Å²) in [6.07, 6.45) is 8.94. The van der Waals surface area contributed by atoms with Crippen LogP contribution in [0.5, 0.6) is 11.5 Å². The third-order valence-electron chi connectivity index (χ3n) is 5.09. The molecule has 0 radical (unpaired) electrons. The van der Waals surface area contributed by atoms with Gasteiger partial charge in [-0.05, 0) is 35.8 Å². The number of hydrogen-bond donors (Lipinski definition) is 0. The molecule has 3 heteroatoms. The Bertz CT molecular complexity index is 765. The molecule has 0 amide bonds. The Morgan fingerprint density at radius 1 is 0.926 bits per heavy atom. The first-order chi connectivity index (χ1) is 13.2. The average Bonchev–Trinajstić information content (AvgIpc) is 2.71. The van der Waals surface area contributed by atoms with Crippen LogP contribution in [0.4, 0.5) is 0 Å². The molecule has 2 aromatic carbocycles. The highest BCUT2D eigenvalue weighted by Gasteiger charge is 2.25. The van der Waals surface area contributed by atoms with E-state index in [1.165, 1.54) is 36.8 Å². The summed E-state index contributed by atoms with van der Waals surface area (Å²) in [5, 5.41) is 0. The number of methoxy groups -OCH3 is 2. The highest BCUT2D eigenvalue weighted by molar-refractivity contribution is 5.63. The molecular weight excluding hydrogens is 336 g/mol. The van der Waals surface area contributed by atoms with Crippen molar-refractivity contribution in [3.63, 3.8) is 0 Å². The lowest BCUT2D eigenvalue weighted by Crippen LogP contribution is -2.14. The first-order valence-electron chi connectivity index (χ1n) is 9.92. The number of ether oxygens (including phenoxy) is 3. The Balaban J connectivity index is 1.89. The van der Waals surface area contributed by atoms with Crippen LogP contribution in [0, 0.1) is 0 Å². The van der Waals surface area contributed by atoms with Crippen LogP contribution in [0.25, 0.3) is 6.08 Å². The van der Waals surface area contributed by atoms with Gasteiger partial charge in [-0.3, -0.25) is 0 Å². The monoisotopic (exact) mass is 366 g/mol. The van der Waals surface area contributed by atoms with Crippen LogP contribution < -0.4 is 9.47 Å². The molecule has 1 atom stereocenters. The van der Waals surface area contributed by atoms with E-state index in [1.807, 2.05) is 6.07 Å². The summed E-state index contributed by atoms with van der Waals surface area (Å²) >= 11 is 0. The maximum Gasteiger partial charge on any atom is 0.161 e. The van der Waals surface area contributed by atoms with Gasteiger partial charge in [0.2, 0.25) is 0 Å². The highest BCUT2D eigenvalue weighted by atomic mass is 16.5. The first-order valence-corrected chi connectivity index (χ1v) is 9.92. The van der Waals surface area contributed by atoms with E-state index < -0.39 is 0 Å². The molecule has 0 fully saturated rings. The van der Waals surface area contributed by atoms with Gasteiger partial charge < -0.3 is 14.2 Å². The highest BCUT2D eigenvalue weighted by Crippen LogP contribution is 2.41. The molecule has 1 unspecified atom stereocenters. The van der Waals surface area contributed by atoms with E-state index in [0.717, 1.165) is 35.7 Å². The fourth-order valence-corrected chi connectivity index (χ4v) is 3.60. The fourth-order valence-electron chi connectivity index (χ4n) is 3.60. The van der Waals surface area contributed by atoms with Gasteiger partial charge in [0.1, 0.15) is 6.10 Å². The summed E-state index contributed by atoms with van der Waals surface area (Å²) in [5.41, 5.74) is 3.61. The van der Waals surface area contributed by atoms with Gasteiger partial charge in [0, 0.05) is 18.4 Å². The fraction of sp³-hybridized carbons (Fsp3) is 0.417. The number of rotatable bonds is 9. The number of allylic oxidation sites excluding steroid dienone is 1. The van der Waals surface area contributed by atoms with E-state index in [4.69, 9.17) is 14.2 Å². The molecular formula is C24H30O3. The molecule has 0 aliphatic carbocycles. The smallest absolute Gasteiger partial charge is 0.161 e. The van der Waals surface area contributed by atoms with Crippen molar-refractivity contribution in [3.05, 3.63) is 64.9 Å². The zero-order valence-corrected chi connectivity index (χ0v) is 16.7. The first kappa shape index (κ1) is 19.3. The third-order valence-corrected chi connectivity index (χ3v) is 5.09. The molecule has 0 N–H and O–H groups in total. The summed E-state index contributed by atoms with van der Waals surface area (Å²) in [4.78, 5) is 0. The maximum absolute atomic E-state index is 6.43. The Labute approximate surface area is 163 Å². The lowest BCUT2D eigenvalue weighted by atomic mass is 9.93. The van der Waals surface area contributed by atoms with E-state index in [2.05, 4.69) is 49.4 Å². The van der Waals surface area contributed by atoms with Gasteiger partial charge in [-0.1, -0.05) is 56.5 Å². The van der Waals surface area contributed by atoms with Gasteiger partial charge in [-0.2, -0.15) is 0 Å². The van der Waals surface area contributed by atoms with Crippen molar-refractivity contribution in [2.45, 2.75) is 51.6 Å². The normalized spacial score (nSPS) is 15.5. The standard InChI is InChI=1S/C24H30O3/c1-4-5-6-10-13-20-15-19-16-23(25-2)24(26-3)17-21(19)22(27-20)14-18-11-8-7-9-12-18/h7-9,11-12,15-17,22H,4-6,10,13-14H2,1-3H3. The van der Waals surface area contributed by atoms with E-state index in [0.29, 0.717) is 0 Å². The minimum atomic E-state index is -0.00613. The summed E-state index contributed by atoms with van der Waals surface area (Å²) in [5.74, 6) is 2.59. The molecule has 0 aromatic heterocycles. The largest absolute Gasteiger partial charge is 0.493 e. The number of fused-ring (bicyclic) bond motifs is 1. The quantitative estimate of drug-likeness (QED) is 0.485. The molecule has 1 heterocycles. The summed E-state index contributed by atoms with van der Waals surface area (Å²) < 4.78 is 17.5. The molecule has 3 rings (SSSR count). The molecule has 0 saturated carbocycles. The molecule has 1 aliphatic heterocycles. The molecule has 0 saturated heterocycles. The molecule has 27 heavy (non-hydrogen) atoms. The SMILES string of the molecule is CCCCCCC1=Cc2cc(OC)c(OC)cc2C(Cc2ccccc2)O1. The van der Waals surface area contributed by atoms with Gasteiger partial charge in [-0.25, -0.2) is 0 Å². The van der Waals surface area contributed by atoms with Crippen LogP contribution in [-0.4, -0.2) is 14.2 Å². The average molecular weight is 367 g/mol. The molecule has 0 spiro atoms. The Morgan fingerprint density at radius 2 is 1.67 bits per heavy atom. The van der Waals surface area contributed by atoms with Crippen molar-refractivity contribution in [2.24, 2.45) is 0 Å². The van der Waals surface area contributed by atoms with Crippen LogP contribution in [0.1, 0.15) is 61.8 Å². The number of unbranched alkanes of at least 4 members (excludes halogenated alkanes) is 3. The van der Waals surface area contributed by atoms with E-state index in [-0.39, 0.29) is 6.10 Å². The minimum absolute atomic E-state index is 0.00613. The Kier molecular flexibility index (Phi) is 6.80. The zero-order valence-electron chi connectivity index (χ0n) is 16.7.